The van der Waals surface area contributed by atoms with Crippen LogP contribution in [0.2, 0.25) is 0 Å². The first kappa shape index (κ1) is 51.5. The maximum atomic E-state index is 12.7. The molecule has 2 atom stereocenters. The molecule has 0 bridgehead atoms. The molecule has 2 unspecified atom stereocenters. The van der Waals surface area contributed by atoms with Crippen molar-refractivity contribution in [3.63, 3.8) is 0 Å². The van der Waals surface area contributed by atoms with E-state index >= 15 is 0 Å². The van der Waals surface area contributed by atoms with Crippen molar-refractivity contribution >= 4 is 19.8 Å². The normalized spacial score (nSPS) is 13.8. The van der Waals surface area contributed by atoms with E-state index in [2.05, 4.69) is 38.2 Å². The molecule has 0 aromatic heterocycles. The second kappa shape index (κ2) is 36.1. The molecule has 0 aromatic carbocycles. The van der Waals surface area contributed by atoms with E-state index in [1.165, 1.54) is 109 Å². The summed E-state index contributed by atoms with van der Waals surface area (Å²) in [7, 11) is 1.48. The number of allylic oxidation sites excluding steroid dienone is 4. The topological polar surface area (TPSA) is 108 Å². The minimum absolute atomic E-state index is 0.0325. The molecule has 0 saturated heterocycles. The lowest BCUT2D eigenvalue weighted by molar-refractivity contribution is -0.870. The maximum absolute atomic E-state index is 12.7. The number of carbonyl (C=O) groups excluding carboxylic acids is 2. The smallest absolute Gasteiger partial charge is 0.462 e. The second-order valence-corrected chi connectivity index (χ2v) is 17.2. The summed E-state index contributed by atoms with van der Waals surface area (Å²) in [5.41, 5.74) is 0. The molecule has 312 valence electrons. The third-order valence-corrected chi connectivity index (χ3v) is 10.2. The van der Waals surface area contributed by atoms with Crippen molar-refractivity contribution in [2.24, 2.45) is 0 Å². The van der Waals surface area contributed by atoms with Crippen molar-refractivity contribution in [3.05, 3.63) is 24.3 Å². The number of phosphoric acid groups is 1. The van der Waals surface area contributed by atoms with E-state index in [0.717, 1.165) is 44.9 Å². The molecule has 0 aromatic rings. The van der Waals surface area contributed by atoms with Gasteiger partial charge in [0.05, 0.1) is 27.7 Å². The number of unbranched alkanes of at least 4 members (excludes halogenated alkanes) is 21. The van der Waals surface area contributed by atoms with Gasteiger partial charge in [0.1, 0.15) is 19.8 Å². The molecule has 1 N–H and O–H groups in total. The van der Waals surface area contributed by atoms with Gasteiger partial charge in [-0.2, -0.15) is 0 Å². The van der Waals surface area contributed by atoms with Crippen LogP contribution in [0.3, 0.4) is 0 Å². The summed E-state index contributed by atoms with van der Waals surface area (Å²) >= 11 is 0. The monoisotopic (exact) mass is 773 g/mol. The van der Waals surface area contributed by atoms with Crippen molar-refractivity contribution in [3.8, 4) is 0 Å². The molecule has 0 heterocycles. The van der Waals surface area contributed by atoms with Crippen molar-refractivity contribution in [1.29, 1.82) is 0 Å². The van der Waals surface area contributed by atoms with Gasteiger partial charge in [-0.25, -0.2) is 4.57 Å². The lowest BCUT2D eigenvalue weighted by Crippen LogP contribution is -2.37. The van der Waals surface area contributed by atoms with Gasteiger partial charge >= 0.3 is 19.8 Å². The average molecular weight is 773 g/mol. The Kier molecular flexibility index (Phi) is 35.1. The number of rotatable bonds is 39. The Morgan fingerprint density at radius 2 is 1.02 bits per heavy atom. The standard InChI is InChI=1S/C43H82NO8P/c1-6-8-10-12-14-16-18-19-20-21-22-23-24-25-26-28-30-32-34-36-43(46)52-41(40-51-53(47,48)50-38-37-44(3,4)5)39-49-42(45)35-33-31-29-27-17-15-13-11-9-7-2/h14,16,19-20,41H,6-13,15,17-18,21-40H2,1-5H3/p+1/b16-14-,20-19-. The first-order valence-electron chi connectivity index (χ1n) is 21.6. The summed E-state index contributed by atoms with van der Waals surface area (Å²) in [5.74, 6) is -0.801. The van der Waals surface area contributed by atoms with Crippen molar-refractivity contribution in [2.75, 3.05) is 47.5 Å². The summed E-state index contributed by atoms with van der Waals surface area (Å²) in [6, 6.07) is 0. The van der Waals surface area contributed by atoms with Crippen molar-refractivity contribution < 1.29 is 42.1 Å². The van der Waals surface area contributed by atoms with Gasteiger partial charge in [-0.3, -0.25) is 18.6 Å². The molecular formula is C43H83NO8P+. The van der Waals surface area contributed by atoms with Crippen LogP contribution in [-0.4, -0.2) is 74.9 Å². The Bertz CT molecular complexity index is 964. The molecule has 0 aliphatic carbocycles. The summed E-state index contributed by atoms with van der Waals surface area (Å²) < 4.78 is 34.2. The zero-order valence-electron chi connectivity index (χ0n) is 35.0. The molecule has 0 aliphatic rings. The zero-order valence-corrected chi connectivity index (χ0v) is 35.9. The fraction of sp³-hybridized carbons (Fsp3) is 0.860. The van der Waals surface area contributed by atoms with Gasteiger partial charge in [-0.15, -0.1) is 0 Å². The Morgan fingerprint density at radius 3 is 1.53 bits per heavy atom. The molecule has 0 saturated carbocycles. The van der Waals surface area contributed by atoms with E-state index in [9.17, 15) is 19.0 Å². The number of hydrogen-bond acceptors (Lipinski definition) is 7. The number of esters is 2. The molecular weight excluding hydrogens is 689 g/mol. The van der Waals surface area contributed by atoms with Crippen LogP contribution in [-0.2, 0) is 32.7 Å². The molecule has 10 heteroatoms. The highest BCUT2D eigenvalue weighted by molar-refractivity contribution is 7.47. The van der Waals surface area contributed by atoms with Gasteiger partial charge in [0, 0.05) is 12.8 Å². The molecule has 0 fully saturated rings. The van der Waals surface area contributed by atoms with E-state index < -0.39 is 26.5 Å². The first-order chi connectivity index (χ1) is 25.5. The van der Waals surface area contributed by atoms with Gasteiger partial charge in [-0.1, -0.05) is 154 Å². The average Bonchev–Trinajstić information content (AvgIpc) is 3.10. The third-order valence-electron chi connectivity index (χ3n) is 9.23. The molecule has 0 amide bonds. The molecule has 9 nitrogen and oxygen atoms in total. The predicted molar refractivity (Wildman–Crippen MR) is 220 cm³/mol. The highest BCUT2D eigenvalue weighted by atomic mass is 31.2. The van der Waals surface area contributed by atoms with E-state index in [4.69, 9.17) is 18.5 Å². The van der Waals surface area contributed by atoms with E-state index in [1.807, 2.05) is 21.1 Å². The summed E-state index contributed by atoms with van der Waals surface area (Å²) in [6.07, 6.45) is 37.9. The van der Waals surface area contributed by atoms with Crippen LogP contribution in [0.15, 0.2) is 24.3 Å². The van der Waals surface area contributed by atoms with Crippen molar-refractivity contribution in [1.82, 2.24) is 0 Å². The van der Waals surface area contributed by atoms with Crippen LogP contribution in [0, 0.1) is 0 Å². The quantitative estimate of drug-likeness (QED) is 0.0216. The Labute approximate surface area is 326 Å². The number of phosphoric ester groups is 1. The van der Waals surface area contributed by atoms with Crippen LogP contribution < -0.4 is 0 Å². The predicted octanol–water partition coefficient (Wildman–Crippen LogP) is 12.0. The fourth-order valence-electron chi connectivity index (χ4n) is 5.81. The first-order valence-corrected chi connectivity index (χ1v) is 23.1. The summed E-state index contributed by atoms with van der Waals surface area (Å²) in [5, 5.41) is 0. The van der Waals surface area contributed by atoms with Gasteiger partial charge in [0.15, 0.2) is 6.10 Å². The van der Waals surface area contributed by atoms with E-state index in [1.54, 1.807) is 0 Å². The van der Waals surface area contributed by atoms with Gasteiger partial charge in [-0.05, 0) is 44.9 Å². The zero-order chi connectivity index (χ0) is 39.3. The number of hydrogen-bond donors (Lipinski definition) is 1. The number of carbonyl (C=O) groups is 2. The van der Waals surface area contributed by atoms with Gasteiger partial charge < -0.3 is 18.9 Å². The maximum Gasteiger partial charge on any atom is 0.472 e. The van der Waals surface area contributed by atoms with E-state index in [0.29, 0.717) is 23.9 Å². The Hall–Kier alpha value is -1.51. The second-order valence-electron chi connectivity index (χ2n) is 15.7. The molecule has 53 heavy (non-hydrogen) atoms. The Balaban J connectivity index is 4.31. The lowest BCUT2D eigenvalue weighted by Gasteiger charge is -2.24. The van der Waals surface area contributed by atoms with Crippen LogP contribution in [0.1, 0.15) is 187 Å². The van der Waals surface area contributed by atoms with E-state index in [-0.39, 0.29) is 25.6 Å². The number of likely N-dealkylation sites (N-methyl/N-ethyl adjacent to an activating group) is 1. The summed E-state index contributed by atoms with van der Waals surface area (Å²) in [6.45, 7) is 4.38. The fourth-order valence-corrected chi connectivity index (χ4v) is 6.55. The molecule has 0 spiro atoms. The Morgan fingerprint density at radius 1 is 0.585 bits per heavy atom. The third kappa shape index (κ3) is 40.0. The van der Waals surface area contributed by atoms with Crippen LogP contribution in [0.4, 0.5) is 0 Å². The number of ether oxygens (including phenoxy) is 2. The largest absolute Gasteiger partial charge is 0.472 e. The highest BCUT2D eigenvalue weighted by Gasteiger charge is 2.27. The van der Waals surface area contributed by atoms with Crippen molar-refractivity contribution in [2.45, 2.75) is 193 Å². The number of quaternary nitrogens is 1. The van der Waals surface area contributed by atoms with Crippen LogP contribution >= 0.6 is 7.82 Å². The highest BCUT2D eigenvalue weighted by Crippen LogP contribution is 2.43. The molecule has 0 radical (unpaired) electrons. The summed E-state index contributed by atoms with van der Waals surface area (Å²) in [4.78, 5) is 35.3. The number of nitrogens with zero attached hydrogens (tertiary/aromatic N) is 1. The minimum Gasteiger partial charge on any atom is -0.462 e. The minimum atomic E-state index is -4.37. The SMILES string of the molecule is CCCCC/C=C\C/C=C\CCCCCCCCCCCC(=O)OC(COC(=O)CCCCCCCCCCCC)COP(=O)(O)OCC[N+](C)(C)C. The van der Waals surface area contributed by atoms with Gasteiger partial charge in [0.2, 0.25) is 0 Å². The molecule has 0 rings (SSSR count). The van der Waals surface area contributed by atoms with Gasteiger partial charge in [0.25, 0.3) is 0 Å². The molecule has 0 aliphatic heterocycles. The lowest BCUT2D eigenvalue weighted by atomic mass is 10.1. The van der Waals surface area contributed by atoms with Crippen LogP contribution in [0.25, 0.3) is 0 Å². The van der Waals surface area contributed by atoms with Crippen LogP contribution in [0.5, 0.6) is 0 Å².